The highest BCUT2D eigenvalue weighted by molar-refractivity contribution is 9.10. The summed E-state index contributed by atoms with van der Waals surface area (Å²) < 4.78 is 60.2. The summed E-state index contributed by atoms with van der Waals surface area (Å²) in [5.74, 6) is -0.953. The molecular formula is C26H28BrF3N5O5P. The number of nitrogens with one attached hydrogen (secondary N) is 2. The summed E-state index contributed by atoms with van der Waals surface area (Å²) in [5.41, 5.74) is 0.503. The number of halogens is 4. The van der Waals surface area contributed by atoms with Crippen molar-refractivity contribution in [3.8, 4) is 5.75 Å². The van der Waals surface area contributed by atoms with Crippen LogP contribution >= 0.6 is 23.5 Å². The molecule has 0 saturated heterocycles. The van der Waals surface area contributed by atoms with Crippen LogP contribution in [0.4, 0.5) is 36.3 Å². The van der Waals surface area contributed by atoms with E-state index in [-0.39, 0.29) is 47.4 Å². The Morgan fingerprint density at radius 3 is 2.37 bits per heavy atom. The average molecular weight is 658 g/mol. The van der Waals surface area contributed by atoms with Gasteiger partial charge in [0, 0.05) is 29.8 Å². The van der Waals surface area contributed by atoms with Gasteiger partial charge in [0.15, 0.2) is 0 Å². The van der Waals surface area contributed by atoms with Gasteiger partial charge < -0.3 is 30.1 Å². The van der Waals surface area contributed by atoms with Crippen LogP contribution in [0.15, 0.2) is 41.0 Å². The van der Waals surface area contributed by atoms with Gasteiger partial charge in [-0.15, -0.1) is 0 Å². The first kappa shape index (κ1) is 30.8. The van der Waals surface area contributed by atoms with Crippen LogP contribution in [0.1, 0.15) is 53.7 Å². The van der Waals surface area contributed by atoms with Crippen molar-refractivity contribution in [2.24, 2.45) is 0 Å². The highest BCUT2D eigenvalue weighted by Gasteiger charge is 2.45. The predicted octanol–water partition coefficient (Wildman–Crippen LogP) is 6.53. The average Bonchev–Trinajstić information content (AvgIpc) is 3.21. The number of benzene rings is 2. The molecule has 4 N–H and O–H groups in total. The largest absolute Gasteiger partial charge is 0.495 e. The number of amides is 1. The van der Waals surface area contributed by atoms with E-state index in [1.165, 1.54) is 36.3 Å². The Hall–Kier alpha value is -3.19. The Morgan fingerprint density at radius 1 is 1.12 bits per heavy atom. The lowest BCUT2D eigenvalue weighted by atomic mass is 9.92. The van der Waals surface area contributed by atoms with Crippen LogP contribution in [-0.2, 0) is 22.4 Å². The summed E-state index contributed by atoms with van der Waals surface area (Å²) in [6.07, 6.45) is -3.85. The monoisotopic (exact) mass is 657 g/mol. The molecule has 1 aromatic heterocycles. The maximum Gasteiger partial charge on any atom is 0.421 e. The third-order valence-corrected chi connectivity index (χ3v) is 10.0. The Balaban J connectivity index is 1.75. The fraction of sp³-hybridized carbons (Fsp3) is 0.346. The summed E-state index contributed by atoms with van der Waals surface area (Å²) in [6, 6.07) is 7.62. The summed E-state index contributed by atoms with van der Waals surface area (Å²) in [7, 11) is -1.62. The van der Waals surface area contributed by atoms with Gasteiger partial charge in [0.2, 0.25) is 5.95 Å². The number of hydrogen-bond donors (Lipinski definition) is 4. The second-order valence-corrected chi connectivity index (χ2v) is 12.3. The molecule has 0 unspecified atom stereocenters. The standard InChI is InChI=1S/C26H28BrF3N5O5P/c1-5-25(6-2,41(37,38)39)14-7-9-18(20(11-14)40-4)33-24-31-12-16(26(28,29)30)22(34-24)32-19-10-8-17(27)15-13-35(3)23(36)21(15)19/h7-12H,5-6,13H2,1-4H3,(H2,37,38,39)(H2,31,32,33,34). The van der Waals surface area contributed by atoms with E-state index in [1.807, 2.05) is 0 Å². The number of alkyl halides is 3. The van der Waals surface area contributed by atoms with Crippen LogP contribution in [0, 0.1) is 0 Å². The van der Waals surface area contributed by atoms with Crippen molar-refractivity contribution in [3.63, 3.8) is 0 Å². The quantitative estimate of drug-likeness (QED) is 0.189. The number of anilines is 4. The van der Waals surface area contributed by atoms with Gasteiger partial charge in [-0.2, -0.15) is 18.2 Å². The summed E-state index contributed by atoms with van der Waals surface area (Å²) >= 11 is 3.39. The third kappa shape index (κ3) is 5.66. The molecule has 4 rings (SSSR count). The third-order valence-electron chi connectivity index (χ3n) is 7.27. The van der Waals surface area contributed by atoms with Crippen LogP contribution in [0.2, 0.25) is 0 Å². The van der Waals surface area contributed by atoms with Crippen LogP contribution in [0.25, 0.3) is 0 Å². The molecule has 0 atom stereocenters. The van der Waals surface area contributed by atoms with E-state index in [2.05, 4.69) is 36.5 Å². The lowest BCUT2D eigenvalue weighted by Gasteiger charge is -2.33. The first-order valence-corrected chi connectivity index (χ1v) is 14.9. The number of nitrogens with zero attached hydrogens (tertiary/aromatic N) is 3. The van der Waals surface area contributed by atoms with Crippen LogP contribution in [-0.4, -0.2) is 44.7 Å². The second kappa shape index (κ2) is 11.2. The lowest BCUT2D eigenvalue weighted by molar-refractivity contribution is -0.137. The van der Waals surface area contributed by atoms with E-state index >= 15 is 0 Å². The minimum atomic E-state index is -4.80. The zero-order chi connectivity index (χ0) is 30.3. The van der Waals surface area contributed by atoms with Crippen molar-refractivity contribution >= 4 is 52.6 Å². The molecule has 0 fully saturated rings. The maximum atomic E-state index is 13.9. The molecule has 0 radical (unpaired) electrons. The molecule has 0 spiro atoms. The number of carbonyl (C=O) groups excluding carboxylic acids is 1. The number of methoxy groups -OCH3 is 1. The van der Waals surface area contributed by atoms with E-state index in [0.717, 1.165) is 0 Å². The minimum absolute atomic E-state index is 0.155. The van der Waals surface area contributed by atoms with E-state index in [9.17, 15) is 32.3 Å². The highest BCUT2D eigenvalue weighted by Crippen LogP contribution is 2.61. The number of fused-ring (bicyclic) bond motifs is 1. The van der Waals surface area contributed by atoms with Gasteiger partial charge in [-0.1, -0.05) is 35.8 Å². The lowest BCUT2D eigenvalue weighted by Crippen LogP contribution is -2.24. The van der Waals surface area contributed by atoms with Gasteiger partial charge in [-0.25, -0.2) is 4.98 Å². The van der Waals surface area contributed by atoms with E-state index in [1.54, 1.807) is 27.0 Å². The minimum Gasteiger partial charge on any atom is -0.495 e. The molecule has 10 nitrogen and oxygen atoms in total. The number of ether oxygens (including phenoxy) is 1. The smallest absolute Gasteiger partial charge is 0.421 e. The second-order valence-electron chi connectivity index (χ2n) is 9.51. The molecule has 2 heterocycles. The first-order valence-electron chi connectivity index (χ1n) is 12.5. The Bertz CT molecular complexity index is 1540. The van der Waals surface area contributed by atoms with E-state index < -0.39 is 30.3 Å². The molecule has 0 saturated carbocycles. The molecule has 1 amide bonds. The van der Waals surface area contributed by atoms with Crippen LogP contribution in [0.5, 0.6) is 5.75 Å². The zero-order valence-electron chi connectivity index (χ0n) is 22.5. The SMILES string of the molecule is CCC(CC)(c1ccc(Nc2ncc(C(F)(F)F)c(Nc3ccc(Br)c4c3C(=O)N(C)C4)n2)c(OC)c1)P(=O)(O)O. The van der Waals surface area contributed by atoms with Crippen LogP contribution < -0.4 is 15.4 Å². The van der Waals surface area contributed by atoms with E-state index in [0.29, 0.717) is 28.3 Å². The number of hydrogen-bond acceptors (Lipinski definition) is 7. The molecule has 0 bridgehead atoms. The Labute approximate surface area is 242 Å². The fourth-order valence-corrected chi connectivity index (χ4v) is 6.70. The number of rotatable bonds is 9. The number of carbonyl (C=O) groups is 1. The topological polar surface area (TPSA) is 137 Å². The van der Waals surface area contributed by atoms with Crippen LogP contribution in [0.3, 0.4) is 0 Å². The molecule has 2 aromatic carbocycles. The van der Waals surface area contributed by atoms with Crippen molar-refractivity contribution in [2.45, 2.75) is 44.6 Å². The van der Waals surface area contributed by atoms with Crippen molar-refractivity contribution in [2.75, 3.05) is 24.8 Å². The molecule has 3 aromatic rings. The van der Waals surface area contributed by atoms with Gasteiger partial charge in [-0.05, 0) is 42.7 Å². The van der Waals surface area contributed by atoms with Gasteiger partial charge in [-0.3, -0.25) is 9.36 Å². The van der Waals surface area contributed by atoms with Crippen molar-refractivity contribution in [1.82, 2.24) is 14.9 Å². The molecule has 0 aliphatic carbocycles. The summed E-state index contributed by atoms with van der Waals surface area (Å²) in [4.78, 5) is 42.3. The number of aromatic nitrogens is 2. The molecule has 1 aliphatic heterocycles. The van der Waals surface area contributed by atoms with Crippen molar-refractivity contribution in [1.29, 1.82) is 0 Å². The predicted molar refractivity (Wildman–Crippen MR) is 151 cm³/mol. The molecule has 220 valence electrons. The van der Waals surface area contributed by atoms with E-state index in [4.69, 9.17) is 4.74 Å². The summed E-state index contributed by atoms with van der Waals surface area (Å²) in [6.45, 7) is 3.65. The summed E-state index contributed by atoms with van der Waals surface area (Å²) in [5, 5.41) is 4.07. The van der Waals surface area contributed by atoms with Gasteiger partial charge in [0.05, 0.1) is 29.2 Å². The normalized spacial score (nSPS) is 13.8. The fourth-order valence-electron chi connectivity index (χ4n) is 4.94. The van der Waals surface area contributed by atoms with Gasteiger partial charge in [0.1, 0.15) is 17.1 Å². The molecule has 41 heavy (non-hydrogen) atoms. The first-order chi connectivity index (χ1) is 19.2. The van der Waals surface area contributed by atoms with Gasteiger partial charge in [0.25, 0.3) is 5.91 Å². The maximum absolute atomic E-state index is 13.9. The molecule has 1 aliphatic rings. The zero-order valence-corrected chi connectivity index (χ0v) is 25.0. The van der Waals surface area contributed by atoms with Gasteiger partial charge >= 0.3 is 13.8 Å². The van der Waals surface area contributed by atoms with Crippen molar-refractivity contribution in [3.05, 3.63) is 63.3 Å². The molecular weight excluding hydrogens is 630 g/mol. The van der Waals surface area contributed by atoms with Crippen molar-refractivity contribution < 1.29 is 37.1 Å². The Kier molecular flexibility index (Phi) is 8.43. The Morgan fingerprint density at radius 2 is 1.78 bits per heavy atom. The highest BCUT2D eigenvalue weighted by atomic mass is 79.9. The molecule has 15 heteroatoms.